The van der Waals surface area contributed by atoms with Crippen molar-refractivity contribution < 1.29 is 15.1 Å². The molecule has 5 heteroatoms. The van der Waals surface area contributed by atoms with Gasteiger partial charge in [-0.1, -0.05) is 35.5 Å². The van der Waals surface area contributed by atoms with Crippen LogP contribution in [0.25, 0.3) is 0 Å². The van der Waals surface area contributed by atoms with Gasteiger partial charge in [-0.05, 0) is 24.6 Å². The third kappa shape index (κ3) is 2.73. The number of benzene rings is 2. The first kappa shape index (κ1) is 13.9. The number of rotatable bonds is 4. The molecule has 0 aliphatic rings. The van der Waals surface area contributed by atoms with Gasteiger partial charge in [0.2, 0.25) is 0 Å². The molecule has 4 N–H and O–H groups in total. The molecule has 0 saturated carbocycles. The van der Waals surface area contributed by atoms with Crippen LogP contribution in [0, 0.1) is 6.92 Å². The van der Waals surface area contributed by atoms with Crippen molar-refractivity contribution in [2.24, 2.45) is 10.9 Å². The highest BCUT2D eigenvalue weighted by molar-refractivity contribution is 6.00. The molecule has 0 spiro atoms. The van der Waals surface area contributed by atoms with E-state index >= 15 is 0 Å². The van der Waals surface area contributed by atoms with Crippen LogP contribution in [-0.4, -0.2) is 16.1 Å². The van der Waals surface area contributed by atoms with E-state index in [4.69, 9.17) is 15.7 Å². The number of hydrogen-bond acceptors (Lipinski definition) is 4. The van der Waals surface area contributed by atoms with Crippen LogP contribution in [0.3, 0.4) is 0 Å². The van der Waals surface area contributed by atoms with Crippen molar-refractivity contribution >= 4 is 5.84 Å². The first-order valence-corrected chi connectivity index (χ1v) is 6.11. The Morgan fingerprint density at radius 1 is 1.20 bits per heavy atom. The lowest BCUT2D eigenvalue weighted by atomic mass is 10.1. The monoisotopic (exact) mass is 272 g/mol. The van der Waals surface area contributed by atoms with E-state index in [2.05, 4.69) is 5.16 Å². The van der Waals surface area contributed by atoms with Crippen LogP contribution in [0.4, 0.5) is 0 Å². The molecule has 5 nitrogen and oxygen atoms in total. The highest BCUT2D eigenvalue weighted by Crippen LogP contribution is 2.31. The zero-order valence-corrected chi connectivity index (χ0v) is 11.1. The Bertz CT molecular complexity index is 639. The van der Waals surface area contributed by atoms with E-state index < -0.39 is 0 Å². The van der Waals surface area contributed by atoms with Crippen LogP contribution >= 0.6 is 0 Å². The highest BCUT2D eigenvalue weighted by atomic mass is 16.5. The second-order valence-electron chi connectivity index (χ2n) is 4.30. The fourth-order valence-electron chi connectivity index (χ4n) is 1.89. The summed E-state index contributed by atoms with van der Waals surface area (Å²) in [4.78, 5) is 0. The molecule has 20 heavy (non-hydrogen) atoms. The van der Waals surface area contributed by atoms with Gasteiger partial charge >= 0.3 is 0 Å². The van der Waals surface area contributed by atoms with Crippen molar-refractivity contribution in [3.05, 3.63) is 59.2 Å². The zero-order valence-electron chi connectivity index (χ0n) is 11.1. The average molecular weight is 272 g/mol. The van der Waals surface area contributed by atoms with Crippen LogP contribution in [0.1, 0.15) is 16.7 Å². The molecule has 0 bridgehead atoms. The van der Waals surface area contributed by atoms with Crippen molar-refractivity contribution in [3.8, 4) is 11.5 Å². The quantitative estimate of drug-likeness (QED) is 0.345. The molecular weight excluding hydrogens is 256 g/mol. The minimum Gasteiger partial charge on any atom is -0.456 e. The van der Waals surface area contributed by atoms with Gasteiger partial charge in [0.05, 0.1) is 12.2 Å². The topological polar surface area (TPSA) is 88.1 Å². The molecule has 0 fully saturated rings. The minimum atomic E-state index is -0.124. The number of nitrogens with zero attached hydrogens (tertiary/aromatic N) is 1. The van der Waals surface area contributed by atoms with Crippen molar-refractivity contribution in [2.75, 3.05) is 0 Å². The van der Waals surface area contributed by atoms with Gasteiger partial charge in [0, 0.05) is 5.56 Å². The van der Waals surface area contributed by atoms with Gasteiger partial charge in [-0.2, -0.15) is 0 Å². The zero-order chi connectivity index (χ0) is 14.5. The summed E-state index contributed by atoms with van der Waals surface area (Å²) in [6.45, 7) is 1.74. The van der Waals surface area contributed by atoms with Crippen LogP contribution < -0.4 is 10.5 Å². The van der Waals surface area contributed by atoms with Gasteiger partial charge in [0.25, 0.3) is 0 Å². The fraction of sp³-hybridized carbons (Fsp3) is 0.133. The maximum atomic E-state index is 9.32. The van der Waals surface area contributed by atoms with Crippen molar-refractivity contribution in [3.63, 3.8) is 0 Å². The Hall–Kier alpha value is -2.53. The summed E-state index contributed by atoms with van der Waals surface area (Å²) in [6, 6.07) is 12.5. The average Bonchev–Trinajstić information content (AvgIpc) is 2.49. The van der Waals surface area contributed by atoms with E-state index in [1.807, 2.05) is 25.1 Å². The number of oxime groups is 1. The van der Waals surface area contributed by atoms with Crippen LogP contribution in [0.15, 0.2) is 47.6 Å². The Kier molecular flexibility index (Phi) is 4.22. The normalized spacial score (nSPS) is 11.4. The molecule has 0 aromatic heterocycles. The number of aliphatic hydroxyl groups excluding tert-OH is 1. The summed E-state index contributed by atoms with van der Waals surface area (Å²) in [5.74, 6) is 1.02. The van der Waals surface area contributed by atoms with Crippen LogP contribution in [0.5, 0.6) is 11.5 Å². The molecule has 0 saturated heterocycles. The molecule has 2 rings (SSSR count). The molecule has 104 valence electrons. The molecule has 0 aliphatic carbocycles. The second-order valence-corrected chi connectivity index (χ2v) is 4.30. The predicted molar refractivity (Wildman–Crippen MR) is 76.1 cm³/mol. The molecule has 0 heterocycles. The summed E-state index contributed by atoms with van der Waals surface area (Å²) in [6.07, 6.45) is 0. The number of nitrogens with two attached hydrogens (primary N) is 1. The lowest BCUT2D eigenvalue weighted by Crippen LogP contribution is -2.14. The number of aryl methyl sites for hydroxylation is 1. The number of ether oxygens (including phenoxy) is 1. The third-order valence-corrected chi connectivity index (χ3v) is 2.95. The van der Waals surface area contributed by atoms with Gasteiger partial charge < -0.3 is 20.8 Å². The van der Waals surface area contributed by atoms with E-state index in [0.29, 0.717) is 22.6 Å². The molecule has 0 radical (unpaired) electrons. The predicted octanol–water partition coefficient (Wildman–Crippen LogP) is 2.37. The molecule has 0 amide bonds. The Labute approximate surface area is 116 Å². The second kappa shape index (κ2) is 6.08. The van der Waals surface area contributed by atoms with E-state index in [0.717, 1.165) is 5.56 Å². The molecule has 2 aromatic carbocycles. The third-order valence-electron chi connectivity index (χ3n) is 2.95. The fourth-order valence-corrected chi connectivity index (χ4v) is 1.89. The first-order valence-electron chi connectivity index (χ1n) is 6.11. The molecular formula is C15H16N2O3. The number of hydrogen-bond donors (Lipinski definition) is 3. The Morgan fingerprint density at radius 3 is 2.65 bits per heavy atom. The van der Waals surface area contributed by atoms with Crippen molar-refractivity contribution in [1.82, 2.24) is 0 Å². The Balaban J connectivity index is 2.48. The summed E-state index contributed by atoms with van der Waals surface area (Å²) in [5, 5.41) is 21.2. The smallest absolute Gasteiger partial charge is 0.173 e. The van der Waals surface area contributed by atoms with Gasteiger partial charge in [-0.15, -0.1) is 0 Å². The molecule has 2 aromatic rings. The highest BCUT2D eigenvalue weighted by Gasteiger charge is 2.13. The molecule has 0 unspecified atom stereocenters. The molecule has 0 aliphatic heterocycles. The van der Waals surface area contributed by atoms with Gasteiger partial charge in [-0.25, -0.2) is 0 Å². The lowest BCUT2D eigenvalue weighted by Gasteiger charge is -2.15. The van der Waals surface area contributed by atoms with E-state index in [-0.39, 0.29) is 12.4 Å². The number of aliphatic hydroxyl groups is 1. The largest absolute Gasteiger partial charge is 0.456 e. The van der Waals surface area contributed by atoms with E-state index in [9.17, 15) is 5.11 Å². The number of amidine groups is 1. The van der Waals surface area contributed by atoms with E-state index in [1.165, 1.54) is 0 Å². The van der Waals surface area contributed by atoms with Gasteiger partial charge in [0.15, 0.2) is 5.84 Å². The minimum absolute atomic E-state index is 0.0230. The maximum absolute atomic E-state index is 9.32. The van der Waals surface area contributed by atoms with E-state index in [1.54, 1.807) is 24.3 Å². The van der Waals surface area contributed by atoms with Crippen LogP contribution in [-0.2, 0) is 6.61 Å². The lowest BCUT2D eigenvalue weighted by molar-refractivity contribution is 0.276. The summed E-state index contributed by atoms with van der Waals surface area (Å²) in [7, 11) is 0. The Morgan fingerprint density at radius 2 is 1.95 bits per heavy atom. The first-order chi connectivity index (χ1) is 9.67. The summed E-state index contributed by atoms with van der Waals surface area (Å²) >= 11 is 0. The van der Waals surface area contributed by atoms with Crippen LogP contribution in [0.2, 0.25) is 0 Å². The maximum Gasteiger partial charge on any atom is 0.173 e. The van der Waals surface area contributed by atoms with Gasteiger partial charge in [0.1, 0.15) is 11.5 Å². The molecule has 0 atom stereocenters. The number of para-hydroxylation sites is 2. The summed E-state index contributed by atoms with van der Waals surface area (Å²) < 4.78 is 5.85. The summed E-state index contributed by atoms with van der Waals surface area (Å²) in [5.41, 5.74) is 7.68. The SMILES string of the molecule is Cc1cccc(/C(N)=N/O)c1Oc1ccccc1CO. The standard InChI is InChI=1S/C15H16N2O3/c1-10-5-4-7-12(15(16)17-19)14(10)20-13-8-3-2-6-11(13)9-18/h2-8,18-19H,9H2,1H3,(H2,16,17). The van der Waals surface area contributed by atoms with Gasteiger partial charge in [-0.3, -0.25) is 0 Å². The van der Waals surface area contributed by atoms with Crippen molar-refractivity contribution in [1.29, 1.82) is 0 Å². The van der Waals surface area contributed by atoms with Crippen molar-refractivity contribution in [2.45, 2.75) is 13.5 Å².